The summed E-state index contributed by atoms with van der Waals surface area (Å²) < 4.78 is 38.5. The molecule has 3 rings (SSSR count). The summed E-state index contributed by atoms with van der Waals surface area (Å²) in [6.07, 6.45) is -0.523. The third-order valence-corrected chi connectivity index (χ3v) is 6.52. The SMILES string of the molecule is CC(C)c1nnc([C@H]2CN(S(=O)(=O)C[C@@H](C)c3ccccc3)CCO2)o1. The molecule has 26 heavy (non-hydrogen) atoms. The molecule has 0 amide bonds. The average molecular weight is 379 g/mol. The van der Waals surface area contributed by atoms with E-state index in [9.17, 15) is 8.42 Å². The number of sulfonamides is 1. The molecular weight excluding hydrogens is 354 g/mol. The number of morpholine rings is 1. The predicted molar refractivity (Wildman–Crippen MR) is 97.3 cm³/mol. The van der Waals surface area contributed by atoms with Crippen LogP contribution in [-0.4, -0.2) is 48.4 Å². The summed E-state index contributed by atoms with van der Waals surface area (Å²) in [5, 5.41) is 8.02. The second-order valence-corrected chi connectivity index (χ2v) is 8.95. The number of ether oxygens (including phenoxy) is 1. The highest BCUT2D eigenvalue weighted by atomic mass is 32.2. The van der Waals surface area contributed by atoms with Crippen molar-refractivity contribution in [2.45, 2.75) is 38.7 Å². The average Bonchev–Trinajstić information content (AvgIpc) is 3.13. The highest BCUT2D eigenvalue weighted by Crippen LogP contribution is 2.26. The van der Waals surface area contributed by atoms with Gasteiger partial charge in [-0.15, -0.1) is 10.2 Å². The Kier molecular flexibility index (Phi) is 5.74. The number of hydrogen-bond acceptors (Lipinski definition) is 6. The first-order valence-electron chi connectivity index (χ1n) is 8.84. The van der Waals surface area contributed by atoms with Gasteiger partial charge in [-0.1, -0.05) is 51.1 Å². The molecule has 2 atom stereocenters. The first kappa shape index (κ1) is 19.0. The van der Waals surface area contributed by atoms with E-state index >= 15 is 0 Å². The standard InChI is InChI=1S/C18H25N3O4S/c1-13(2)17-19-20-18(25-17)16-11-21(9-10-24-16)26(22,23)12-14(3)15-7-5-4-6-8-15/h4-8,13-14,16H,9-12H2,1-3H3/t14-,16-/m1/s1. The lowest BCUT2D eigenvalue weighted by molar-refractivity contribution is -0.0179. The van der Waals surface area contributed by atoms with Gasteiger partial charge in [0.1, 0.15) is 6.10 Å². The van der Waals surface area contributed by atoms with E-state index < -0.39 is 16.1 Å². The van der Waals surface area contributed by atoms with Crippen LogP contribution >= 0.6 is 0 Å². The van der Waals surface area contributed by atoms with Gasteiger partial charge in [-0.2, -0.15) is 4.31 Å². The van der Waals surface area contributed by atoms with Crippen LogP contribution in [0.5, 0.6) is 0 Å². The van der Waals surface area contributed by atoms with E-state index in [0.717, 1.165) is 5.56 Å². The molecule has 1 aromatic heterocycles. The molecule has 0 saturated carbocycles. The molecule has 1 aliphatic heterocycles. The Balaban J connectivity index is 1.69. The molecule has 1 saturated heterocycles. The molecule has 1 fully saturated rings. The van der Waals surface area contributed by atoms with E-state index in [4.69, 9.17) is 9.15 Å². The second kappa shape index (κ2) is 7.85. The predicted octanol–water partition coefficient (Wildman–Crippen LogP) is 2.70. The van der Waals surface area contributed by atoms with E-state index in [1.807, 2.05) is 51.1 Å². The molecule has 0 spiro atoms. The summed E-state index contributed by atoms with van der Waals surface area (Å²) in [6.45, 7) is 6.69. The second-order valence-electron chi connectivity index (χ2n) is 6.94. The first-order chi connectivity index (χ1) is 12.4. The van der Waals surface area contributed by atoms with Crippen LogP contribution in [-0.2, 0) is 14.8 Å². The Bertz CT molecular complexity index is 820. The molecule has 142 valence electrons. The number of nitrogens with zero attached hydrogens (tertiary/aromatic N) is 3. The third kappa shape index (κ3) is 4.31. The third-order valence-electron chi connectivity index (χ3n) is 4.48. The van der Waals surface area contributed by atoms with Crippen molar-refractivity contribution in [3.05, 3.63) is 47.7 Å². The minimum atomic E-state index is -3.42. The number of rotatable bonds is 6. The van der Waals surface area contributed by atoms with Crippen molar-refractivity contribution in [3.8, 4) is 0 Å². The van der Waals surface area contributed by atoms with Crippen molar-refractivity contribution in [1.82, 2.24) is 14.5 Å². The van der Waals surface area contributed by atoms with E-state index in [-0.39, 0.29) is 24.1 Å². The monoisotopic (exact) mass is 379 g/mol. The largest absolute Gasteiger partial charge is 0.422 e. The van der Waals surface area contributed by atoms with Crippen molar-refractivity contribution < 1.29 is 17.6 Å². The topological polar surface area (TPSA) is 85.5 Å². The Morgan fingerprint density at radius 2 is 1.92 bits per heavy atom. The molecule has 2 aromatic rings. The minimum absolute atomic E-state index is 0.0603. The molecule has 8 heteroatoms. The van der Waals surface area contributed by atoms with Crippen molar-refractivity contribution >= 4 is 10.0 Å². The summed E-state index contributed by atoms with van der Waals surface area (Å²) >= 11 is 0. The molecule has 0 aliphatic carbocycles. The van der Waals surface area contributed by atoms with Crippen molar-refractivity contribution in [2.24, 2.45) is 0 Å². The molecular formula is C18H25N3O4S. The molecule has 1 aliphatic rings. The van der Waals surface area contributed by atoms with Gasteiger partial charge in [0.2, 0.25) is 21.8 Å². The van der Waals surface area contributed by atoms with Crippen LogP contribution in [0.1, 0.15) is 56.1 Å². The van der Waals surface area contributed by atoms with Crippen molar-refractivity contribution in [3.63, 3.8) is 0 Å². The summed E-state index contributed by atoms with van der Waals surface area (Å²) in [4.78, 5) is 0. The summed E-state index contributed by atoms with van der Waals surface area (Å²) in [5.74, 6) is 0.959. The van der Waals surface area contributed by atoms with Gasteiger partial charge in [0.25, 0.3) is 0 Å². The smallest absolute Gasteiger partial charge is 0.246 e. The lowest BCUT2D eigenvalue weighted by Crippen LogP contribution is -2.44. The Morgan fingerprint density at radius 3 is 2.58 bits per heavy atom. The van der Waals surface area contributed by atoms with Gasteiger partial charge in [0, 0.05) is 19.0 Å². The highest BCUT2D eigenvalue weighted by Gasteiger charge is 2.34. The zero-order valence-electron chi connectivity index (χ0n) is 15.3. The van der Waals surface area contributed by atoms with Gasteiger partial charge in [0.15, 0.2) is 0 Å². The van der Waals surface area contributed by atoms with Gasteiger partial charge in [-0.25, -0.2) is 8.42 Å². The number of aromatic nitrogens is 2. The summed E-state index contributed by atoms with van der Waals surface area (Å²) in [6, 6.07) is 9.67. The van der Waals surface area contributed by atoms with E-state index in [2.05, 4.69) is 10.2 Å². The van der Waals surface area contributed by atoms with Crippen LogP contribution in [0.4, 0.5) is 0 Å². The van der Waals surface area contributed by atoms with Crippen LogP contribution in [0.2, 0.25) is 0 Å². The van der Waals surface area contributed by atoms with Crippen molar-refractivity contribution in [2.75, 3.05) is 25.4 Å². The van der Waals surface area contributed by atoms with E-state index in [1.165, 1.54) is 4.31 Å². The molecule has 1 aromatic carbocycles. The van der Waals surface area contributed by atoms with Crippen molar-refractivity contribution in [1.29, 1.82) is 0 Å². The fourth-order valence-electron chi connectivity index (χ4n) is 2.94. The maximum atomic E-state index is 12.9. The quantitative estimate of drug-likeness (QED) is 0.767. The maximum absolute atomic E-state index is 12.9. The van der Waals surface area contributed by atoms with Gasteiger partial charge in [-0.3, -0.25) is 0 Å². The zero-order chi connectivity index (χ0) is 18.7. The van der Waals surface area contributed by atoms with E-state index in [1.54, 1.807) is 0 Å². The fourth-order valence-corrected chi connectivity index (χ4v) is 4.69. The number of benzene rings is 1. The van der Waals surface area contributed by atoms with Crippen LogP contribution < -0.4 is 0 Å². The minimum Gasteiger partial charge on any atom is -0.422 e. The maximum Gasteiger partial charge on any atom is 0.246 e. The van der Waals surface area contributed by atoms with Crippen LogP contribution in [0, 0.1) is 0 Å². The summed E-state index contributed by atoms with van der Waals surface area (Å²) in [7, 11) is -3.42. The van der Waals surface area contributed by atoms with E-state index in [0.29, 0.717) is 24.9 Å². The highest BCUT2D eigenvalue weighted by molar-refractivity contribution is 7.89. The first-order valence-corrected chi connectivity index (χ1v) is 10.5. The van der Waals surface area contributed by atoms with Gasteiger partial charge < -0.3 is 9.15 Å². The van der Waals surface area contributed by atoms with Crippen LogP contribution in [0.15, 0.2) is 34.7 Å². The Hall–Kier alpha value is -1.77. The fraction of sp³-hybridized carbons (Fsp3) is 0.556. The normalized spacial score (nSPS) is 20.4. The lowest BCUT2D eigenvalue weighted by Gasteiger charge is -2.31. The van der Waals surface area contributed by atoms with Gasteiger partial charge >= 0.3 is 0 Å². The molecule has 0 N–H and O–H groups in total. The molecule has 0 radical (unpaired) electrons. The van der Waals surface area contributed by atoms with Crippen LogP contribution in [0.25, 0.3) is 0 Å². The number of hydrogen-bond donors (Lipinski definition) is 0. The Morgan fingerprint density at radius 1 is 1.19 bits per heavy atom. The molecule has 2 heterocycles. The van der Waals surface area contributed by atoms with Gasteiger partial charge in [-0.05, 0) is 11.5 Å². The molecule has 0 unspecified atom stereocenters. The Labute approximate surface area is 154 Å². The van der Waals surface area contributed by atoms with Gasteiger partial charge in [0.05, 0.1) is 12.4 Å². The summed E-state index contributed by atoms with van der Waals surface area (Å²) in [5.41, 5.74) is 1.01. The van der Waals surface area contributed by atoms with Crippen LogP contribution in [0.3, 0.4) is 0 Å². The molecule has 7 nitrogen and oxygen atoms in total. The molecule has 0 bridgehead atoms. The zero-order valence-corrected chi connectivity index (χ0v) is 16.1. The lowest BCUT2D eigenvalue weighted by atomic mass is 10.0.